The molecule has 2 unspecified atom stereocenters. The first-order valence-electron chi connectivity index (χ1n) is 5.23. The number of aliphatic hydroxyl groups excluding tert-OH is 1. The number of hydrogen-bond donors (Lipinski definition) is 1. The summed E-state index contributed by atoms with van der Waals surface area (Å²) in [5.41, 5.74) is 0. The van der Waals surface area contributed by atoms with Gasteiger partial charge in [0.05, 0.1) is 0 Å². The average Bonchev–Trinajstić information content (AvgIpc) is 2.66. The van der Waals surface area contributed by atoms with Crippen LogP contribution in [0.4, 0.5) is 0 Å². The summed E-state index contributed by atoms with van der Waals surface area (Å²) in [6, 6.07) is 0. The second-order valence-electron chi connectivity index (χ2n) is 4.17. The Balaban J connectivity index is 2.06. The molecule has 1 heterocycles. The highest BCUT2D eigenvalue weighted by Crippen LogP contribution is 2.34. The SMILES string of the molecule is CC1CCCC(c2noc(CO)n2)C1. The Hall–Kier alpha value is -0.900. The van der Waals surface area contributed by atoms with Gasteiger partial charge in [0.1, 0.15) is 6.61 Å². The van der Waals surface area contributed by atoms with Crippen molar-refractivity contribution in [2.75, 3.05) is 0 Å². The monoisotopic (exact) mass is 196 g/mol. The van der Waals surface area contributed by atoms with Crippen molar-refractivity contribution in [3.05, 3.63) is 11.7 Å². The van der Waals surface area contributed by atoms with Gasteiger partial charge in [-0.3, -0.25) is 0 Å². The quantitative estimate of drug-likeness (QED) is 0.784. The minimum absolute atomic E-state index is 0.157. The summed E-state index contributed by atoms with van der Waals surface area (Å²) < 4.78 is 4.89. The van der Waals surface area contributed by atoms with E-state index in [0.717, 1.165) is 24.6 Å². The van der Waals surface area contributed by atoms with E-state index in [1.54, 1.807) is 0 Å². The molecule has 1 N–H and O–H groups in total. The van der Waals surface area contributed by atoms with Gasteiger partial charge in [0, 0.05) is 5.92 Å². The van der Waals surface area contributed by atoms with Gasteiger partial charge in [-0.15, -0.1) is 0 Å². The standard InChI is InChI=1S/C10H16N2O2/c1-7-3-2-4-8(5-7)10-11-9(6-13)14-12-10/h7-8,13H,2-6H2,1H3. The third-order valence-corrected chi connectivity index (χ3v) is 2.92. The van der Waals surface area contributed by atoms with E-state index in [0.29, 0.717) is 11.8 Å². The van der Waals surface area contributed by atoms with E-state index in [1.165, 1.54) is 12.8 Å². The number of rotatable bonds is 2. The van der Waals surface area contributed by atoms with Crippen molar-refractivity contribution in [1.29, 1.82) is 0 Å². The molecule has 1 aliphatic carbocycles. The lowest BCUT2D eigenvalue weighted by Crippen LogP contribution is -2.12. The van der Waals surface area contributed by atoms with Crippen molar-refractivity contribution in [1.82, 2.24) is 10.1 Å². The first-order valence-corrected chi connectivity index (χ1v) is 5.23. The highest BCUT2D eigenvalue weighted by molar-refractivity contribution is 4.97. The van der Waals surface area contributed by atoms with E-state index in [-0.39, 0.29) is 6.61 Å². The fourth-order valence-corrected chi connectivity index (χ4v) is 2.17. The molecule has 4 heteroatoms. The van der Waals surface area contributed by atoms with E-state index in [9.17, 15) is 0 Å². The van der Waals surface area contributed by atoms with Crippen LogP contribution in [0.15, 0.2) is 4.52 Å². The van der Waals surface area contributed by atoms with Gasteiger partial charge in [-0.1, -0.05) is 24.9 Å². The smallest absolute Gasteiger partial charge is 0.252 e. The Labute approximate surface area is 83.3 Å². The van der Waals surface area contributed by atoms with E-state index in [2.05, 4.69) is 17.1 Å². The van der Waals surface area contributed by atoms with Crippen LogP contribution in [0, 0.1) is 5.92 Å². The van der Waals surface area contributed by atoms with Crippen LogP contribution in [0.5, 0.6) is 0 Å². The zero-order chi connectivity index (χ0) is 9.97. The molecule has 1 aliphatic rings. The lowest BCUT2D eigenvalue weighted by molar-refractivity contribution is 0.222. The van der Waals surface area contributed by atoms with Gasteiger partial charge < -0.3 is 9.63 Å². The number of hydrogen-bond acceptors (Lipinski definition) is 4. The van der Waals surface area contributed by atoms with Crippen molar-refractivity contribution in [3.63, 3.8) is 0 Å². The summed E-state index contributed by atoms with van der Waals surface area (Å²) in [5, 5.41) is 12.7. The molecule has 0 radical (unpaired) electrons. The molecule has 0 saturated heterocycles. The summed E-state index contributed by atoms with van der Waals surface area (Å²) >= 11 is 0. The Morgan fingerprint density at radius 3 is 3.00 bits per heavy atom. The van der Waals surface area contributed by atoms with Gasteiger partial charge in [0.15, 0.2) is 5.82 Å². The zero-order valence-electron chi connectivity index (χ0n) is 8.44. The molecule has 14 heavy (non-hydrogen) atoms. The van der Waals surface area contributed by atoms with E-state index < -0.39 is 0 Å². The molecule has 1 saturated carbocycles. The van der Waals surface area contributed by atoms with E-state index >= 15 is 0 Å². The number of aliphatic hydroxyl groups is 1. The largest absolute Gasteiger partial charge is 0.387 e. The molecule has 2 atom stereocenters. The van der Waals surface area contributed by atoms with Crippen LogP contribution in [-0.2, 0) is 6.61 Å². The van der Waals surface area contributed by atoms with Crippen molar-refractivity contribution >= 4 is 0 Å². The Kier molecular flexibility index (Phi) is 2.82. The predicted molar refractivity (Wildman–Crippen MR) is 50.6 cm³/mol. The maximum atomic E-state index is 8.81. The molecular weight excluding hydrogens is 180 g/mol. The van der Waals surface area contributed by atoms with Gasteiger partial charge in [-0.05, 0) is 18.8 Å². The maximum Gasteiger partial charge on any atom is 0.252 e. The summed E-state index contributed by atoms with van der Waals surface area (Å²) in [6.07, 6.45) is 4.84. The van der Waals surface area contributed by atoms with Gasteiger partial charge in [0.2, 0.25) is 0 Å². The summed E-state index contributed by atoms with van der Waals surface area (Å²) in [7, 11) is 0. The minimum atomic E-state index is -0.157. The van der Waals surface area contributed by atoms with Crippen LogP contribution in [0.2, 0.25) is 0 Å². The van der Waals surface area contributed by atoms with Gasteiger partial charge in [-0.2, -0.15) is 4.98 Å². The normalized spacial score (nSPS) is 27.9. The van der Waals surface area contributed by atoms with Gasteiger partial charge >= 0.3 is 0 Å². The third-order valence-electron chi connectivity index (χ3n) is 2.92. The van der Waals surface area contributed by atoms with Crippen LogP contribution in [-0.4, -0.2) is 15.2 Å². The van der Waals surface area contributed by atoms with Gasteiger partial charge in [0.25, 0.3) is 5.89 Å². The first kappa shape index (κ1) is 9.65. The fraction of sp³-hybridized carbons (Fsp3) is 0.800. The molecule has 0 aliphatic heterocycles. The molecule has 2 rings (SSSR count). The molecule has 4 nitrogen and oxygen atoms in total. The van der Waals surface area contributed by atoms with Crippen LogP contribution < -0.4 is 0 Å². The second-order valence-corrected chi connectivity index (χ2v) is 4.17. The zero-order valence-corrected chi connectivity index (χ0v) is 8.44. The van der Waals surface area contributed by atoms with Crippen LogP contribution in [0.3, 0.4) is 0 Å². The molecule has 0 aromatic carbocycles. The molecule has 0 spiro atoms. The van der Waals surface area contributed by atoms with Crippen molar-refractivity contribution < 1.29 is 9.63 Å². The van der Waals surface area contributed by atoms with Crippen molar-refractivity contribution in [3.8, 4) is 0 Å². The lowest BCUT2D eigenvalue weighted by atomic mass is 9.82. The molecule has 0 bridgehead atoms. The summed E-state index contributed by atoms with van der Waals surface area (Å²) in [4.78, 5) is 4.16. The molecule has 78 valence electrons. The van der Waals surface area contributed by atoms with Crippen LogP contribution >= 0.6 is 0 Å². The summed E-state index contributed by atoms with van der Waals surface area (Å²) in [6.45, 7) is 2.11. The average molecular weight is 196 g/mol. The highest BCUT2D eigenvalue weighted by Gasteiger charge is 2.24. The Morgan fingerprint density at radius 2 is 2.36 bits per heavy atom. The predicted octanol–water partition coefficient (Wildman–Crippen LogP) is 1.86. The van der Waals surface area contributed by atoms with E-state index in [1.807, 2.05) is 0 Å². The second kappa shape index (κ2) is 4.09. The van der Waals surface area contributed by atoms with E-state index in [4.69, 9.17) is 9.63 Å². The molecule has 1 aromatic rings. The fourth-order valence-electron chi connectivity index (χ4n) is 2.17. The molecule has 1 aromatic heterocycles. The minimum Gasteiger partial charge on any atom is -0.387 e. The molecule has 0 amide bonds. The van der Waals surface area contributed by atoms with Crippen LogP contribution in [0.25, 0.3) is 0 Å². The van der Waals surface area contributed by atoms with Crippen LogP contribution in [0.1, 0.15) is 50.2 Å². The molecular formula is C10H16N2O2. The number of nitrogens with zero attached hydrogens (tertiary/aromatic N) is 2. The topological polar surface area (TPSA) is 59.2 Å². The van der Waals surface area contributed by atoms with Crippen molar-refractivity contribution in [2.24, 2.45) is 5.92 Å². The van der Waals surface area contributed by atoms with Gasteiger partial charge in [-0.25, -0.2) is 0 Å². The first-order chi connectivity index (χ1) is 6.79. The highest BCUT2D eigenvalue weighted by atomic mass is 16.5. The molecule has 1 fully saturated rings. The number of aromatic nitrogens is 2. The lowest BCUT2D eigenvalue weighted by Gasteiger charge is -2.23. The Morgan fingerprint density at radius 1 is 1.50 bits per heavy atom. The third kappa shape index (κ3) is 1.95. The maximum absolute atomic E-state index is 8.81. The summed E-state index contributed by atoms with van der Waals surface area (Å²) in [5.74, 6) is 2.30. The Bertz CT molecular complexity index is 298. The van der Waals surface area contributed by atoms with Crippen molar-refractivity contribution in [2.45, 2.75) is 45.1 Å².